The van der Waals surface area contributed by atoms with Crippen molar-refractivity contribution in [1.29, 1.82) is 0 Å². The number of hydrogen-bond acceptors (Lipinski definition) is 26. The van der Waals surface area contributed by atoms with E-state index in [2.05, 4.69) is 0 Å². The number of ether oxygens (including phenoxy) is 7. The van der Waals surface area contributed by atoms with E-state index in [1.54, 1.807) is 0 Å². The second-order valence-corrected chi connectivity index (χ2v) is 14.9. The summed E-state index contributed by atoms with van der Waals surface area (Å²) in [5.74, 6) is -29.8. The summed E-state index contributed by atoms with van der Waals surface area (Å²) in [6, 6.07) is 3.84. The molecule has 13 N–H and O–H groups in total. The van der Waals surface area contributed by atoms with Crippen LogP contribution in [-0.4, -0.2) is 152 Å². The van der Waals surface area contributed by atoms with Gasteiger partial charge in [-0.15, -0.1) is 0 Å². The number of aliphatic hydroxyl groups is 1. The molecular weight excluding hydrogens is 924 g/mol. The molecule has 0 unspecified atom stereocenters. The molecule has 7 rings (SSSR count). The first-order chi connectivity index (χ1) is 32.0. The van der Waals surface area contributed by atoms with E-state index in [-0.39, 0.29) is 0 Å². The fourth-order valence-corrected chi connectivity index (χ4v) is 7.37. The Balaban J connectivity index is 1.44. The molecule has 8 atom stereocenters. The van der Waals surface area contributed by atoms with Gasteiger partial charge in [-0.3, -0.25) is 9.59 Å². The van der Waals surface area contributed by atoms with Crippen molar-refractivity contribution in [3.8, 4) is 69.0 Å². The quantitative estimate of drug-likeness (QED) is 0.0455. The number of aromatic hydroxyl groups is 11. The van der Waals surface area contributed by atoms with Crippen molar-refractivity contribution >= 4 is 41.8 Å². The Hall–Kier alpha value is -9.11. The summed E-state index contributed by atoms with van der Waals surface area (Å²) in [6.07, 6.45) is -16.3. The predicted octanol–water partition coefficient (Wildman–Crippen LogP) is 0.0179. The van der Waals surface area contributed by atoms with Crippen LogP contribution in [0.2, 0.25) is 0 Å². The molecule has 2 bridgehead atoms. The Morgan fingerprint density at radius 3 is 1.54 bits per heavy atom. The standard InChI is InChI=1S/C41H32O27/c42-15-1-10(2-16(43)26(15)51)35(56)62-9-22-31-33(66-36(57)11-3-17(44)27(52)18(45)4-11)34(41(63-22)68-37(58)12-5-19(46)28(53)20(47)6-12)67-38(59)13-7-21(48)29(54)32-25(13)24(30(55)40(61)65-32)14(8-23(49)50)39(60)64-31/h1-7,14,22,24,30-31,33-34,41-48,51-55H,8-9H2,(H,49,50)/t14-,22+,24-,30+,31+,33-,34+,41-/m0/s1. The zero-order valence-electron chi connectivity index (χ0n) is 33.6. The third-order valence-corrected chi connectivity index (χ3v) is 10.6. The van der Waals surface area contributed by atoms with Gasteiger partial charge in [0.1, 0.15) is 12.7 Å². The highest BCUT2D eigenvalue weighted by Gasteiger charge is 2.57. The number of rotatable bonds is 9. The number of hydrogen-bond donors (Lipinski definition) is 13. The van der Waals surface area contributed by atoms with Crippen LogP contribution in [0.1, 0.15) is 59.3 Å². The highest BCUT2D eigenvalue weighted by atomic mass is 16.7. The zero-order chi connectivity index (χ0) is 49.8. The van der Waals surface area contributed by atoms with Gasteiger partial charge in [0, 0.05) is 11.5 Å². The number of carboxylic acids is 1. The molecule has 0 spiro atoms. The highest BCUT2D eigenvalue weighted by molar-refractivity contribution is 5.98. The summed E-state index contributed by atoms with van der Waals surface area (Å²) in [4.78, 5) is 95.4. The van der Waals surface area contributed by atoms with Gasteiger partial charge in [-0.1, -0.05) is 0 Å². The number of carbonyl (C=O) groups excluding carboxylic acids is 6. The normalized spacial score (nSPS) is 23.0. The van der Waals surface area contributed by atoms with Crippen molar-refractivity contribution in [2.45, 2.75) is 49.1 Å². The van der Waals surface area contributed by atoms with Crippen molar-refractivity contribution in [2.24, 2.45) is 5.92 Å². The van der Waals surface area contributed by atoms with Gasteiger partial charge in [0.15, 0.2) is 81.6 Å². The highest BCUT2D eigenvalue weighted by Crippen LogP contribution is 2.51. The van der Waals surface area contributed by atoms with Crippen LogP contribution in [0, 0.1) is 5.92 Å². The molecular formula is C41H32O27. The molecule has 3 heterocycles. The van der Waals surface area contributed by atoms with Gasteiger partial charge in [-0.2, -0.15) is 0 Å². The first-order valence-corrected chi connectivity index (χ1v) is 19.1. The minimum Gasteiger partial charge on any atom is -0.504 e. The summed E-state index contributed by atoms with van der Waals surface area (Å²) in [5.41, 5.74) is -4.15. The van der Waals surface area contributed by atoms with Crippen molar-refractivity contribution in [1.82, 2.24) is 0 Å². The van der Waals surface area contributed by atoms with Crippen LogP contribution in [0.15, 0.2) is 42.5 Å². The molecule has 0 saturated carbocycles. The van der Waals surface area contributed by atoms with E-state index in [1.807, 2.05) is 0 Å². The smallest absolute Gasteiger partial charge is 0.341 e. The van der Waals surface area contributed by atoms with Crippen LogP contribution in [0.25, 0.3) is 0 Å². The van der Waals surface area contributed by atoms with E-state index >= 15 is 0 Å². The molecule has 1 fully saturated rings. The third kappa shape index (κ3) is 8.58. The number of benzene rings is 4. The molecule has 0 amide bonds. The van der Waals surface area contributed by atoms with Crippen LogP contribution in [0.4, 0.5) is 0 Å². The minimum atomic E-state index is -2.57. The molecule has 4 aromatic carbocycles. The van der Waals surface area contributed by atoms with Crippen LogP contribution in [0.5, 0.6) is 69.0 Å². The summed E-state index contributed by atoms with van der Waals surface area (Å²) in [6.45, 7) is -1.28. The van der Waals surface area contributed by atoms with E-state index in [9.17, 15) is 99.9 Å². The first-order valence-electron chi connectivity index (χ1n) is 19.1. The van der Waals surface area contributed by atoms with Crippen molar-refractivity contribution in [3.63, 3.8) is 0 Å². The summed E-state index contributed by atoms with van der Waals surface area (Å²) in [5, 5.41) is 133. The fourth-order valence-electron chi connectivity index (χ4n) is 7.37. The number of aliphatic carboxylic acids is 1. The molecule has 27 heteroatoms. The van der Waals surface area contributed by atoms with Crippen LogP contribution < -0.4 is 4.74 Å². The summed E-state index contributed by atoms with van der Waals surface area (Å²) in [7, 11) is 0. The van der Waals surface area contributed by atoms with Gasteiger partial charge in [0.2, 0.25) is 18.1 Å². The summed E-state index contributed by atoms with van der Waals surface area (Å²) >= 11 is 0. The number of esters is 6. The second kappa shape index (κ2) is 17.7. The molecule has 0 aromatic heterocycles. The topological polar surface area (TPSA) is 447 Å². The molecule has 358 valence electrons. The Labute approximate surface area is 375 Å². The Morgan fingerprint density at radius 2 is 1.04 bits per heavy atom. The fraction of sp³-hybridized carbons (Fsp3) is 0.244. The van der Waals surface area contributed by atoms with Crippen molar-refractivity contribution in [2.75, 3.05) is 6.61 Å². The maximum absolute atomic E-state index is 14.5. The van der Waals surface area contributed by atoms with E-state index in [0.29, 0.717) is 42.5 Å². The Bertz CT molecular complexity index is 2750. The third-order valence-electron chi connectivity index (χ3n) is 10.6. The van der Waals surface area contributed by atoms with E-state index in [4.69, 9.17) is 33.2 Å². The molecule has 27 nitrogen and oxygen atoms in total. The number of carboxylic acid groups (broad SMARTS) is 1. The minimum absolute atomic E-state index is 0.449. The van der Waals surface area contributed by atoms with Crippen molar-refractivity contribution in [3.05, 3.63) is 70.3 Å². The SMILES string of the molecule is O=C(O)C[C@@H]1C(=O)O[C@H]2[C@H](OC(=O)c3cc(O)c(O)c(O)c3)[C@@H](OC(=O)c3cc(O)c(O)c4c3[C@H]1[C@@H](O)C(=O)O4)[C@H](OC(=O)c1cc(O)c(O)c(O)c1)O[C@@H]2COC(=O)c1cc(O)c(O)c(O)c1. The average Bonchev–Trinajstić information content (AvgIpc) is 3.28. The summed E-state index contributed by atoms with van der Waals surface area (Å²) < 4.78 is 38.6. The molecule has 68 heavy (non-hydrogen) atoms. The lowest BCUT2D eigenvalue weighted by Gasteiger charge is -2.44. The largest absolute Gasteiger partial charge is 0.504 e. The number of carbonyl (C=O) groups is 7. The molecule has 3 aliphatic heterocycles. The van der Waals surface area contributed by atoms with Gasteiger partial charge in [-0.25, -0.2) is 24.0 Å². The van der Waals surface area contributed by atoms with Crippen LogP contribution >= 0.6 is 0 Å². The monoisotopic (exact) mass is 956 g/mol. The molecule has 4 aromatic rings. The average molecular weight is 957 g/mol. The van der Waals surface area contributed by atoms with E-state index in [0.717, 1.165) is 0 Å². The lowest BCUT2D eigenvalue weighted by Crippen LogP contribution is -2.63. The Kier molecular flexibility index (Phi) is 12.2. The number of aliphatic hydroxyl groups excluding tert-OH is 1. The van der Waals surface area contributed by atoms with Gasteiger partial charge in [0.05, 0.1) is 34.6 Å². The molecule has 0 aliphatic carbocycles. The number of phenolic OH excluding ortho intramolecular Hbond substituents is 11. The van der Waals surface area contributed by atoms with E-state index in [1.165, 1.54) is 0 Å². The maximum atomic E-state index is 14.5. The lowest BCUT2D eigenvalue weighted by atomic mass is 9.76. The lowest BCUT2D eigenvalue weighted by molar-refractivity contribution is -0.287. The van der Waals surface area contributed by atoms with Gasteiger partial charge >= 0.3 is 41.8 Å². The first kappa shape index (κ1) is 46.9. The van der Waals surface area contributed by atoms with Gasteiger partial charge in [-0.05, 0) is 42.5 Å². The van der Waals surface area contributed by atoms with Gasteiger partial charge in [0.25, 0.3) is 0 Å². The van der Waals surface area contributed by atoms with Gasteiger partial charge < -0.3 is 99.5 Å². The zero-order valence-corrected chi connectivity index (χ0v) is 33.6. The number of fused-ring (bicyclic) bond motifs is 2. The van der Waals surface area contributed by atoms with Crippen molar-refractivity contribution < 1.29 is 133 Å². The van der Waals surface area contributed by atoms with Crippen LogP contribution in [0.3, 0.4) is 0 Å². The molecule has 0 radical (unpaired) electrons. The van der Waals surface area contributed by atoms with E-state index < -0.39 is 200 Å². The Morgan fingerprint density at radius 1 is 0.574 bits per heavy atom. The number of phenols is 11. The molecule has 1 saturated heterocycles. The second-order valence-electron chi connectivity index (χ2n) is 14.9. The molecule has 3 aliphatic rings. The predicted molar refractivity (Wildman–Crippen MR) is 207 cm³/mol. The maximum Gasteiger partial charge on any atom is 0.341 e. The van der Waals surface area contributed by atoms with Crippen LogP contribution in [-0.2, 0) is 42.8 Å².